The van der Waals surface area contributed by atoms with Crippen LogP contribution in [0.15, 0.2) is 22.7 Å². The van der Waals surface area contributed by atoms with Crippen molar-refractivity contribution in [2.45, 2.75) is 18.9 Å². The van der Waals surface area contributed by atoms with E-state index in [1.165, 1.54) is 23.1 Å². The van der Waals surface area contributed by atoms with Gasteiger partial charge in [-0.25, -0.2) is 14.0 Å². The SMILES string of the molecule is O=C(O)C1CCCN1C(=O)Nc1ccc(F)cc1Br. The summed E-state index contributed by atoms with van der Waals surface area (Å²) in [4.78, 5) is 24.3. The van der Waals surface area contributed by atoms with Gasteiger partial charge in [-0.2, -0.15) is 0 Å². The smallest absolute Gasteiger partial charge is 0.326 e. The Hall–Kier alpha value is -1.63. The average Bonchev–Trinajstić information content (AvgIpc) is 2.82. The lowest BCUT2D eigenvalue weighted by Gasteiger charge is -2.22. The van der Waals surface area contributed by atoms with Crippen LogP contribution in [0.25, 0.3) is 0 Å². The Morgan fingerprint density at radius 3 is 2.84 bits per heavy atom. The summed E-state index contributed by atoms with van der Waals surface area (Å²) in [6.45, 7) is 0.404. The molecular formula is C12H12BrFN2O3. The second kappa shape index (κ2) is 5.56. The minimum atomic E-state index is -1.01. The van der Waals surface area contributed by atoms with Crippen molar-refractivity contribution < 1.29 is 19.1 Å². The Morgan fingerprint density at radius 2 is 2.21 bits per heavy atom. The number of carboxylic acids is 1. The fraction of sp³-hybridized carbons (Fsp3) is 0.333. The molecular weight excluding hydrogens is 319 g/mol. The standard InChI is InChI=1S/C12H12BrFN2O3/c13-8-6-7(14)3-4-9(8)15-12(19)16-5-1-2-10(16)11(17)18/h3-4,6,10H,1-2,5H2,(H,15,19)(H,17,18). The number of likely N-dealkylation sites (tertiary alicyclic amines) is 1. The molecule has 1 aromatic rings. The topological polar surface area (TPSA) is 69.6 Å². The van der Waals surface area contributed by atoms with Gasteiger partial charge in [0, 0.05) is 11.0 Å². The summed E-state index contributed by atoms with van der Waals surface area (Å²) in [7, 11) is 0. The van der Waals surface area contributed by atoms with Crippen molar-refractivity contribution in [3.63, 3.8) is 0 Å². The molecule has 1 fully saturated rings. The number of nitrogens with one attached hydrogen (secondary N) is 1. The number of aliphatic carboxylic acids is 1. The molecule has 1 aliphatic rings. The molecule has 0 aromatic heterocycles. The zero-order chi connectivity index (χ0) is 14.0. The molecule has 0 aliphatic carbocycles. The van der Waals surface area contributed by atoms with E-state index in [1.54, 1.807) is 0 Å². The van der Waals surface area contributed by atoms with Crippen LogP contribution in [0.3, 0.4) is 0 Å². The molecule has 19 heavy (non-hydrogen) atoms. The molecule has 1 unspecified atom stereocenters. The van der Waals surface area contributed by atoms with Crippen LogP contribution in [0.2, 0.25) is 0 Å². The van der Waals surface area contributed by atoms with E-state index in [9.17, 15) is 14.0 Å². The lowest BCUT2D eigenvalue weighted by Crippen LogP contribution is -2.42. The van der Waals surface area contributed by atoms with Crippen LogP contribution in [0, 0.1) is 5.82 Å². The summed E-state index contributed by atoms with van der Waals surface area (Å²) >= 11 is 3.14. The Kier molecular flexibility index (Phi) is 4.04. The van der Waals surface area contributed by atoms with Gasteiger partial charge in [-0.1, -0.05) is 0 Å². The lowest BCUT2D eigenvalue weighted by atomic mass is 10.2. The van der Waals surface area contributed by atoms with Crippen LogP contribution in [-0.2, 0) is 4.79 Å². The largest absolute Gasteiger partial charge is 0.480 e. The van der Waals surface area contributed by atoms with Crippen LogP contribution in [0.1, 0.15) is 12.8 Å². The van der Waals surface area contributed by atoms with Crippen LogP contribution in [0.5, 0.6) is 0 Å². The molecule has 0 radical (unpaired) electrons. The van der Waals surface area contributed by atoms with Gasteiger partial charge in [0.1, 0.15) is 11.9 Å². The maximum absolute atomic E-state index is 12.9. The summed E-state index contributed by atoms with van der Waals surface area (Å²) < 4.78 is 13.3. The van der Waals surface area contributed by atoms with Crippen LogP contribution < -0.4 is 5.32 Å². The van der Waals surface area contributed by atoms with E-state index in [2.05, 4.69) is 21.2 Å². The lowest BCUT2D eigenvalue weighted by molar-refractivity contribution is -0.141. The molecule has 102 valence electrons. The molecule has 1 saturated heterocycles. The van der Waals surface area contributed by atoms with Gasteiger partial charge in [-0.15, -0.1) is 0 Å². The Morgan fingerprint density at radius 1 is 1.47 bits per heavy atom. The number of benzene rings is 1. The van der Waals surface area contributed by atoms with E-state index >= 15 is 0 Å². The van der Waals surface area contributed by atoms with Gasteiger partial charge < -0.3 is 15.3 Å². The summed E-state index contributed by atoms with van der Waals surface area (Å²) in [6, 6.07) is 2.59. The molecule has 2 amide bonds. The number of anilines is 1. The monoisotopic (exact) mass is 330 g/mol. The van der Waals surface area contributed by atoms with Crippen molar-refractivity contribution in [3.05, 3.63) is 28.5 Å². The second-order valence-electron chi connectivity index (χ2n) is 4.24. The predicted octanol–water partition coefficient (Wildman–Crippen LogP) is 2.67. The molecule has 2 N–H and O–H groups in total. The van der Waals surface area contributed by atoms with Crippen molar-refractivity contribution in [1.82, 2.24) is 4.90 Å². The molecule has 0 saturated carbocycles. The van der Waals surface area contributed by atoms with E-state index in [0.29, 0.717) is 29.5 Å². The first-order chi connectivity index (χ1) is 8.99. The molecule has 1 atom stereocenters. The zero-order valence-electron chi connectivity index (χ0n) is 9.90. The van der Waals surface area contributed by atoms with E-state index < -0.39 is 23.9 Å². The number of carbonyl (C=O) groups excluding carboxylic acids is 1. The fourth-order valence-corrected chi connectivity index (χ4v) is 2.49. The van der Waals surface area contributed by atoms with E-state index in [0.717, 1.165) is 0 Å². The number of carbonyl (C=O) groups is 2. The number of nitrogens with zero attached hydrogens (tertiary/aromatic N) is 1. The number of hydrogen-bond donors (Lipinski definition) is 2. The van der Waals surface area contributed by atoms with Gasteiger partial charge >= 0.3 is 12.0 Å². The maximum Gasteiger partial charge on any atom is 0.326 e. The average molecular weight is 331 g/mol. The van der Waals surface area contributed by atoms with Crippen LogP contribution in [-0.4, -0.2) is 34.6 Å². The Bertz CT molecular complexity index is 524. The first kappa shape index (κ1) is 13.8. The van der Waals surface area contributed by atoms with E-state index in [4.69, 9.17) is 5.11 Å². The highest BCUT2D eigenvalue weighted by molar-refractivity contribution is 9.10. The van der Waals surface area contributed by atoms with E-state index in [-0.39, 0.29) is 0 Å². The molecule has 1 aromatic carbocycles. The van der Waals surface area contributed by atoms with Gasteiger partial charge in [0.25, 0.3) is 0 Å². The summed E-state index contributed by atoms with van der Waals surface area (Å²) in [5.41, 5.74) is 0.405. The number of hydrogen-bond acceptors (Lipinski definition) is 2. The second-order valence-corrected chi connectivity index (χ2v) is 5.10. The number of carboxylic acid groups (broad SMARTS) is 1. The molecule has 1 heterocycles. The van der Waals surface area contributed by atoms with Crippen LogP contribution >= 0.6 is 15.9 Å². The number of amides is 2. The van der Waals surface area contributed by atoms with Gasteiger partial charge in [0.05, 0.1) is 5.69 Å². The van der Waals surface area contributed by atoms with Gasteiger partial charge in [0.15, 0.2) is 0 Å². The third kappa shape index (κ3) is 3.04. The zero-order valence-corrected chi connectivity index (χ0v) is 11.5. The number of halogens is 2. The normalized spacial score (nSPS) is 18.4. The van der Waals surface area contributed by atoms with Crippen LogP contribution in [0.4, 0.5) is 14.9 Å². The molecule has 0 spiro atoms. The highest BCUT2D eigenvalue weighted by atomic mass is 79.9. The van der Waals surface area contributed by atoms with Gasteiger partial charge in [-0.3, -0.25) is 0 Å². The summed E-state index contributed by atoms with van der Waals surface area (Å²) in [5, 5.41) is 11.6. The maximum atomic E-state index is 12.9. The van der Waals surface area contributed by atoms with Crippen molar-refractivity contribution >= 4 is 33.6 Å². The third-order valence-corrected chi connectivity index (χ3v) is 3.63. The quantitative estimate of drug-likeness (QED) is 0.875. The minimum absolute atomic E-state index is 0.404. The van der Waals surface area contributed by atoms with Gasteiger partial charge in [-0.05, 0) is 47.0 Å². The molecule has 0 bridgehead atoms. The first-order valence-electron chi connectivity index (χ1n) is 5.74. The fourth-order valence-electron chi connectivity index (χ4n) is 2.04. The Labute approximate surface area is 117 Å². The summed E-state index contributed by atoms with van der Waals surface area (Å²) in [5.74, 6) is -1.43. The first-order valence-corrected chi connectivity index (χ1v) is 6.54. The third-order valence-electron chi connectivity index (χ3n) is 2.97. The molecule has 5 nitrogen and oxygen atoms in total. The number of rotatable bonds is 2. The van der Waals surface area contributed by atoms with E-state index in [1.807, 2.05) is 0 Å². The number of urea groups is 1. The minimum Gasteiger partial charge on any atom is -0.480 e. The van der Waals surface area contributed by atoms with Crippen molar-refractivity contribution in [3.8, 4) is 0 Å². The molecule has 1 aliphatic heterocycles. The van der Waals surface area contributed by atoms with Gasteiger partial charge in [0.2, 0.25) is 0 Å². The predicted molar refractivity (Wildman–Crippen MR) is 70.5 cm³/mol. The summed E-state index contributed by atoms with van der Waals surface area (Å²) in [6.07, 6.45) is 1.11. The van der Waals surface area contributed by atoms with Crippen molar-refractivity contribution in [2.75, 3.05) is 11.9 Å². The van der Waals surface area contributed by atoms with Crippen molar-refractivity contribution in [2.24, 2.45) is 0 Å². The highest BCUT2D eigenvalue weighted by Crippen LogP contribution is 2.25. The molecule has 2 rings (SSSR count). The molecule has 7 heteroatoms. The van der Waals surface area contributed by atoms with Crippen molar-refractivity contribution in [1.29, 1.82) is 0 Å². The Balaban J connectivity index is 2.10. The highest BCUT2D eigenvalue weighted by Gasteiger charge is 2.34.